The zero-order valence-electron chi connectivity index (χ0n) is 22.6. The van der Waals surface area contributed by atoms with Gasteiger partial charge in [-0.05, 0) is 103 Å². The fourth-order valence-electron chi connectivity index (χ4n) is 6.36. The summed E-state index contributed by atoms with van der Waals surface area (Å²) in [6.07, 6.45) is 9.37. The second-order valence-corrected chi connectivity index (χ2v) is 10.9. The van der Waals surface area contributed by atoms with E-state index in [1.807, 2.05) is 0 Å². The fraction of sp³-hybridized carbons (Fsp3) is 0.471. The summed E-state index contributed by atoms with van der Waals surface area (Å²) in [6, 6.07) is 23.3. The first kappa shape index (κ1) is 25.7. The van der Waals surface area contributed by atoms with Crippen LogP contribution in [0.2, 0.25) is 0 Å². The van der Waals surface area contributed by atoms with E-state index in [1.54, 1.807) is 0 Å². The molecular weight excluding hydrogens is 424 g/mol. The Morgan fingerprint density at radius 2 is 1.37 bits per heavy atom. The minimum Gasteiger partial charge on any atom is -0.390 e. The van der Waals surface area contributed by atoms with Crippen molar-refractivity contribution in [2.24, 2.45) is 0 Å². The van der Waals surface area contributed by atoms with Crippen LogP contribution in [0.15, 0.2) is 60.7 Å². The van der Waals surface area contributed by atoms with E-state index < -0.39 is 5.60 Å². The van der Waals surface area contributed by atoms with Crippen molar-refractivity contribution in [3.63, 3.8) is 0 Å². The lowest BCUT2D eigenvalue weighted by atomic mass is 9.69. The van der Waals surface area contributed by atoms with Gasteiger partial charge in [-0.15, -0.1) is 0 Å². The zero-order valence-corrected chi connectivity index (χ0v) is 22.6. The monoisotopic (exact) mass is 468 g/mol. The third kappa shape index (κ3) is 5.26. The predicted octanol–water partition coefficient (Wildman–Crippen LogP) is 8.88. The van der Waals surface area contributed by atoms with Gasteiger partial charge in [0.2, 0.25) is 0 Å². The lowest BCUT2D eigenvalue weighted by molar-refractivity contribution is 0.0391. The van der Waals surface area contributed by atoms with Crippen LogP contribution in [0.25, 0.3) is 11.1 Å². The van der Waals surface area contributed by atoms with Gasteiger partial charge in [-0.3, -0.25) is 0 Å². The number of aryl methyl sites for hydroxylation is 4. The molecule has 186 valence electrons. The Morgan fingerprint density at radius 1 is 0.771 bits per heavy atom. The van der Waals surface area contributed by atoms with Crippen LogP contribution in [-0.4, -0.2) is 10.7 Å². The Kier molecular flexibility index (Phi) is 7.86. The molecule has 0 atom stereocenters. The summed E-state index contributed by atoms with van der Waals surface area (Å²) in [4.78, 5) is 0. The molecule has 1 saturated carbocycles. The maximum Gasteiger partial charge on any atom is 0.0651 e. The molecule has 4 rings (SSSR count). The van der Waals surface area contributed by atoms with Crippen LogP contribution in [0, 0.1) is 13.8 Å². The van der Waals surface area contributed by atoms with Crippen LogP contribution < -0.4 is 0 Å². The molecule has 1 aliphatic carbocycles. The molecule has 1 nitrogen and oxygen atoms in total. The lowest BCUT2D eigenvalue weighted by Crippen LogP contribution is -2.27. The van der Waals surface area contributed by atoms with Crippen molar-refractivity contribution in [2.75, 3.05) is 0 Å². The SMILES string of the molecule is CCc1ccc(-c2ccc(C(CC)(CC)c3ccc(CCC4(O)CCCC4)c(C)c3)cc2C)cc1. The van der Waals surface area contributed by atoms with Gasteiger partial charge >= 0.3 is 0 Å². The summed E-state index contributed by atoms with van der Waals surface area (Å²) in [5.74, 6) is 0. The van der Waals surface area contributed by atoms with Crippen LogP contribution in [0.1, 0.15) is 99.1 Å². The molecule has 0 bridgehead atoms. The van der Waals surface area contributed by atoms with Crippen molar-refractivity contribution >= 4 is 0 Å². The van der Waals surface area contributed by atoms with Gasteiger partial charge in [-0.1, -0.05) is 94.3 Å². The fourth-order valence-corrected chi connectivity index (χ4v) is 6.36. The summed E-state index contributed by atoms with van der Waals surface area (Å²) >= 11 is 0. The molecule has 1 heteroatoms. The first-order valence-electron chi connectivity index (χ1n) is 13.9. The molecule has 0 spiro atoms. The first-order valence-corrected chi connectivity index (χ1v) is 13.9. The van der Waals surface area contributed by atoms with Crippen molar-refractivity contribution in [1.29, 1.82) is 0 Å². The largest absolute Gasteiger partial charge is 0.390 e. The van der Waals surface area contributed by atoms with E-state index in [9.17, 15) is 5.11 Å². The molecule has 3 aromatic rings. The molecule has 1 N–H and O–H groups in total. The highest BCUT2D eigenvalue weighted by molar-refractivity contribution is 5.68. The molecule has 0 heterocycles. The van der Waals surface area contributed by atoms with E-state index >= 15 is 0 Å². The smallest absolute Gasteiger partial charge is 0.0651 e. The molecule has 35 heavy (non-hydrogen) atoms. The van der Waals surface area contributed by atoms with Crippen molar-refractivity contribution in [2.45, 2.75) is 103 Å². The van der Waals surface area contributed by atoms with Crippen molar-refractivity contribution in [3.05, 3.63) is 94.0 Å². The number of rotatable bonds is 9. The Hall–Kier alpha value is -2.38. The summed E-state index contributed by atoms with van der Waals surface area (Å²) in [6.45, 7) is 11.4. The van der Waals surface area contributed by atoms with Gasteiger partial charge < -0.3 is 5.11 Å². The van der Waals surface area contributed by atoms with Gasteiger partial charge in [-0.2, -0.15) is 0 Å². The summed E-state index contributed by atoms with van der Waals surface area (Å²) < 4.78 is 0. The lowest BCUT2D eigenvalue weighted by Gasteiger charge is -2.34. The Balaban J connectivity index is 1.62. The Labute approximate surface area is 213 Å². The Morgan fingerprint density at radius 3 is 1.91 bits per heavy atom. The summed E-state index contributed by atoms with van der Waals surface area (Å²) in [5, 5.41) is 10.8. The molecule has 0 unspecified atom stereocenters. The highest BCUT2D eigenvalue weighted by atomic mass is 16.3. The van der Waals surface area contributed by atoms with Crippen LogP contribution in [0.5, 0.6) is 0 Å². The second-order valence-electron chi connectivity index (χ2n) is 10.9. The van der Waals surface area contributed by atoms with Crippen molar-refractivity contribution < 1.29 is 5.11 Å². The van der Waals surface area contributed by atoms with Gasteiger partial charge in [-0.25, -0.2) is 0 Å². The third-order valence-corrected chi connectivity index (χ3v) is 8.95. The number of hydrogen-bond donors (Lipinski definition) is 1. The highest BCUT2D eigenvalue weighted by Gasteiger charge is 2.33. The van der Waals surface area contributed by atoms with Crippen LogP contribution in [0.4, 0.5) is 0 Å². The Bertz CT molecular complexity index is 1130. The number of hydrogen-bond acceptors (Lipinski definition) is 1. The predicted molar refractivity (Wildman–Crippen MR) is 150 cm³/mol. The molecule has 0 aliphatic heterocycles. The quantitative estimate of drug-likeness (QED) is 0.332. The minimum absolute atomic E-state index is 0.0162. The molecule has 0 radical (unpaired) electrons. The van der Waals surface area contributed by atoms with E-state index in [1.165, 1.54) is 57.3 Å². The molecule has 0 saturated heterocycles. The standard InChI is InChI=1S/C34H44O/c1-6-27-11-13-29(14-12-27)32-18-17-31(24-26(32)5)34(7-2,8-3)30-16-15-28(25(4)23-30)19-22-33(35)20-9-10-21-33/h11-18,23-24,35H,6-10,19-22H2,1-5H3. The van der Waals surface area contributed by atoms with E-state index in [2.05, 4.69) is 95.3 Å². The molecule has 3 aromatic carbocycles. The van der Waals surface area contributed by atoms with E-state index in [-0.39, 0.29) is 5.41 Å². The second kappa shape index (κ2) is 10.7. The van der Waals surface area contributed by atoms with Crippen molar-refractivity contribution in [1.82, 2.24) is 0 Å². The minimum atomic E-state index is -0.433. The summed E-state index contributed by atoms with van der Waals surface area (Å²) in [7, 11) is 0. The summed E-state index contributed by atoms with van der Waals surface area (Å²) in [5.41, 5.74) is 10.5. The van der Waals surface area contributed by atoms with Crippen LogP contribution >= 0.6 is 0 Å². The van der Waals surface area contributed by atoms with Crippen LogP contribution in [0.3, 0.4) is 0 Å². The maximum absolute atomic E-state index is 10.8. The van der Waals surface area contributed by atoms with Gasteiger partial charge in [0.25, 0.3) is 0 Å². The van der Waals surface area contributed by atoms with E-state index in [0.717, 1.165) is 44.9 Å². The topological polar surface area (TPSA) is 20.2 Å². The average Bonchev–Trinajstić information content (AvgIpc) is 3.31. The zero-order chi connectivity index (χ0) is 25.1. The van der Waals surface area contributed by atoms with Gasteiger partial charge in [0.05, 0.1) is 5.60 Å². The van der Waals surface area contributed by atoms with Gasteiger partial charge in [0.1, 0.15) is 0 Å². The molecule has 1 aliphatic rings. The third-order valence-electron chi connectivity index (χ3n) is 8.95. The first-order chi connectivity index (χ1) is 16.8. The molecule has 1 fully saturated rings. The number of benzene rings is 3. The van der Waals surface area contributed by atoms with Gasteiger partial charge in [0.15, 0.2) is 0 Å². The van der Waals surface area contributed by atoms with E-state index in [4.69, 9.17) is 0 Å². The number of aliphatic hydroxyl groups is 1. The van der Waals surface area contributed by atoms with Gasteiger partial charge in [0, 0.05) is 5.41 Å². The maximum atomic E-state index is 10.8. The molecular formula is C34H44O. The average molecular weight is 469 g/mol. The van der Waals surface area contributed by atoms with E-state index in [0.29, 0.717) is 0 Å². The highest BCUT2D eigenvalue weighted by Crippen LogP contribution is 2.41. The molecule has 0 amide bonds. The molecule has 0 aromatic heterocycles. The van der Waals surface area contributed by atoms with Crippen LogP contribution in [-0.2, 0) is 18.3 Å². The normalized spacial score (nSPS) is 15.5. The van der Waals surface area contributed by atoms with Crippen molar-refractivity contribution in [3.8, 4) is 11.1 Å².